The number of carbonyl (C=O) groups is 1. The van der Waals surface area contributed by atoms with Crippen LogP contribution in [-0.4, -0.2) is 12.6 Å². The van der Waals surface area contributed by atoms with Gasteiger partial charge in [0.25, 0.3) is 0 Å². The molecule has 188 valence electrons. The summed E-state index contributed by atoms with van der Waals surface area (Å²) in [6, 6.07) is 9.32. The van der Waals surface area contributed by atoms with E-state index in [1.807, 2.05) is 0 Å². The summed E-state index contributed by atoms with van der Waals surface area (Å²) in [6.07, 6.45) is 5.03. The Morgan fingerprint density at radius 2 is 1.44 bits per heavy atom. The third kappa shape index (κ3) is 7.08. The molecule has 0 heterocycles. The molecule has 0 aliphatic carbocycles. The zero-order chi connectivity index (χ0) is 26.1. The zero-order valence-corrected chi connectivity index (χ0v) is 19.5. The van der Waals surface area contributed by atoms with E-state index in [0.29, 0.717) is 24.3 Å². The number of hydrogen-bond donors (Lipinski definition) is 0. The van der Waals surface area contributed by atoms with Crippen LogP contribution in [0.1, 0.15) is 60.5 Å². The van der Waals surface area contributed by atoms with Gasteiger partial charge < -0.3 is 9.47 Å². The fraction of sp³-hybridized carbons (Fsp3) is 0.250. The lowest BCUT2D eigenvalue weighted by molar-refractivity contribution is 0.0733. The molecule has 8 heteroatoms. The van der Waals surface area contributed by atoms with Crippen molar-refractivity contribution >= 4 is 5.97 Å². The van der Waals surface area contributed by atoms with Crippen LogP contribution < -0.4 is 9.47 Å². The second kappa shape index (κ2) is 12.7. The molecule has 0 aliphatic rings. The molecule has 0 N–H and O–H groups in total. The lowest BCUT2D eigenvalue weighted by Crippen LogP contribution is -2.10. The topological polar surface area (TPSA) is 35.5 Å². The van der Waals surface area contributed by atoms with Gasteiger partial charge in [0.15, 0.2) is 29.0 Å². The Labute approximate surface area is 205 Å². The van der Waals surface area contributed by atoms with Crippen LogP contribution in [0, 0.1) is 40.9 Å². The van der Waals surface area contributed by atoms with E-state index < -0.39 is 40.6 Å². The van der Waals surface area contributed by atoms with Crippen molar-refractivity contribution in [1.29, 1.82) is 0 Å². The first-order valence-corrected chi connectivity index (χ1v) is 11.4. The molecule has 0 atom stereocenters. The highest BCUT2D eigenvalue weighted by Crippen LogP contribution is 2.23. The monoisotopic (exact) mass is 502 g/mol. The van der Waals surface area contributed by atoms with Crippen molar-refractivity contribution in [1.82, 2.24) is 0 Å². The van der Waals surface area contributed by atoms with Crippen molar-refractivity contribution < 1.29 is 36.2 Å². The Kier molecular flexibility index (Phi) is 9.46. The largest absolute Gasteiger partial charge is 0.490 e. The van der Waals surface area contributed by atoms with Crippen LogP contribution in [0.15, 0.2) is 48.5 Å². The van der Waals surface area contributed by atoms with E-state index >= 15 is 0 Å². The van der Waals surface area contributed by atoms with Gasteiger partial charge in [-0.3, -0.25) is 0 Å². The van der Waals surface area contributed by atoms with Crippen LogP contribution in [0.5, 0.6) is 11.5 Å². The third-order valence-corrected chi connectivity index (χ3v) is 5.18. The molecular formula is C28H23F5O3. The first kappa shape index (κ1) is 26.7. The molecule has 0 aromatic heterocycles. The number of hydrogen-bond acceptors (Lipinski definition) is 3. The minimum absolute atomic E-state index is 0.0316. The summed E-state index contributed by atoms with van der Waals surface area (Å²) < 4.78 is 78.7. The molecule has 3 nitrogen and oxygen atoms in total. The highest BCUT2D eigenvalue weighted by molar-refractivity contribution is 5.91. The van der Waals surface area contributed by atoms with Crippen molar-refractivity contribution in [2.75, 3.05) is 6.61 Å². The third-order valence-electron chi connectivity index (χ3n) is 5.18. The SMILES string of the molecule is CCCCCCCOc1ccc(C#Cc2ccc(OC(=O)c3cc(F)c(F)c(F)c3)cc2)c(F)c1F. The average molecular weight is 502 g/mol. The predicted octanol–water partition coefficient (Wildman–Crippen LogP) is 7.35. The molecule has 0 saturated carbocycles. The van der Waals surface area contributed by atoms with E-state index in [9.17, 15) is 26.7 Å². The first-order valence-electron chi connectivity index (χ1n) is 11.4. The average Bonchev–Trinajstić information content (AvgIpc) is 2.87. The number of rotatable bonds is 9. The van der Waals surface area contributed by atoms with E-state index in [0.717, 1.165) is 32.1 Å². The Morgan fingerprint density at radius 3 is 2.11 bits per heavy atom. The minimum atomic E-state index is -1.69. The molecule has 3 rings (SSSR count). The Balaban J connectivity index is 1.61. The molecule has 3 aromatic rings. The summed E-state index contributed by atoms with van der Waals surface area (Å²) in [6.45, 7) is 2.41. The van der Waals surface area contributed by atoms with Crippen molar-refractivity contribution in [2.45, 2.75) is 39.0 Å². The van der Waals surface area contributed by atoms with E-state index in [1.54, 1.807) is 0 Å². The van der Waals surface area contributed by atoms with Crippen molar-refractivity contribution in [3.8, 4) is 23.3 Å². The maximum absolute atomic E-state index is 14.4. The molecule has 0 aliphatic heterocycles. The number of benzene rings is 3. The number of esters is 1. The molecule has 0 bridgehead atoms. The lowest BCUT2D eigenvalue weighted by atomic mass is 10.1. The van der Waals surface area contributed by atoms with E-state index in [-0.39, 0.29) is 17.1 Å². The second-order valence-corrected chi connectivity index (χ2v) is 7.92. The highest BCUT2D eigenvalue weighted by atomic mass is 19.2. The van der Waals surface area contributed by atoms with Gasteiger partial charge in [-0.1, -0.05) is 44.4 Å². The van der Waals surface area contributed by atoms with Crippen LogP contribution in [-0.2, 0) is 0 Å². The zero-order valence-electron chi connectivity index (χ0n) is 19.5. The Morgan fingerprint density at radius 1 is 0.778 bits per heavy atom. The lowest BCUT2D eigenvalue weighted by Gasteiger charge is -2.08. The molecule has 36 heavy (non-hydrogen) atoms. The smallest absolute Gasteiger partial charge is 0.343 e. The summed E-state index contributed by atoms with van der Waals surface area (Å²) in [5.41, 5.74) is -0.253. The molecule has 3 aromatic carbocycles. The van der Waals surface area contributed by atoms with Crippen molar-refractivity contribution in [3.05, 3.63) is 94.3 Å². The molecule has 0 amide bonds. The van der Waals surface area contributed by atoms with E-state index in [1.165, 1.54) is 36.4 Å². The van der Waals surface area contributed by atoms with Gasteiger partial charge in [-0.2, -0.15) is 4.39 Å². The van der Waals surface area contributed by atoms with Gasteiger partial charge >= 0.3 is 5.97 Å². The Bertz CT molecular complexity index is 1250. The highest BCUT2D eigenvalue weighted by Gasteiger charge is 2.17. The van der Waals surface area contributed by atoms with Gasteiger partial charge in [0.2, 0.25) is 5.82 Å². The normalized spacial score (nSPS) is 10.5. The number of ether oxygens (including phenoxy) is 2. The predicted molar refractivity (Wildman–Crippen MR) is 124 cm³/mol. The molecule has 0 saturated heterocycles. The van der Waals surface area contributed by atoms with Gasteiger partial charge in [0, 0.05) is 5.56 Å². The van der Waals surface area contributed by atoms with Gasteiger partial charge in [-0.15, -0.1) is 0 Å². The quantitative estimate of drug-likeness (QED) is 0.0767. The van der Waals surface area contributed by atoms with Crippen LogP contribution in [0.4, 0.5) is 22.0 Å². The van der Waals surface area contributed by atoms with Gasteiger partial charge in [0.05, 0.1) is 17.7 Å². The molecule has 0 unspecified atom stereocenters. The number of carbonyl (C=O) groups excluding carboxylic acids is 1. The summed E-state index contributed by atoms with van der Waals surface area (Å²) in [7, 11) is 0. The maximum atomic E-state index is 14.4. The Hall–Kier alpha value is -3.86. The van der Waals surface area contributed by atoms with Gasteiger partial charge in [0.1, 0.15) is 5.75 Å². The van der Waals surface area contributed by atoms with Crippen LogP contribution in [0.3, 0.4) is 0 Å². The standard InChI is InChI=1S/C28H23F5O3/c1-2-3-4-5-6-15-35-24-14-11-19(25(31)27(24)33)10-7-18-8-12-21(13-9-18)36-28(34)20-16-22(29)26(32)23(30)17-20/h8-9,11-14,16-17H,2-6,15H2,1H3. The first-order chi connectivity index (χ1) is 17.3. The maximum Gasteiger partial charge on any atom is 0.343 e. The summed E-state index contributed by atoms with van der Waals surface area (Å²) >= 11 is 0. The summed E-state index contributed by atoms with van der Waals surface area (Å²) in [4.78, 5) is 12.1. The van der Waals surface area contributed by atoms with Gasteiger partial charge in [-0.05, 0) is 55.0 Å². The van der Waals surface area contributed by atoms with Crippen LogP contribution >= 0.6 is 0 Å². The molecule has 0 spiro atoms. The summed E-state index contributed by atoms with van der Waals surface area (Å²) in [5, 5.41) is 0. The second-order valence-electron chi connectivity index (χ2n) is 7.92. The molecule has 0 radical (unpaired) electrons. The number of unbranched alkanes of at least 4 members (excludes halogenated alkanes) is 4. The van der Waals surface area contributed by atoms with Gasteiger partial charge in [-0.25, -0.2) is 22.4 Å². The minimum Gasteiger partial charge on any atom is -0.490 e. The molecule has 0 fully saturated rings. The van der Waals surface area contributed by atoms with E-state index in [4.69, 9.17) is 9.47 Å². The van der Waals surface area contributed by atoms with E-state index in [2.05, 4.69) is 18.8 Å². The van der Waals surface area contributed by atoms with Crippen LogP contribution in [0.25, 0.3) is 0 Å². The number of halogens is 5. The fourth-order valence-corrected chi connectivity index (χ4v) is 3.21. The van der Waals surface area contributed by atoms with Crippen molar-refractivity contribution in [3.63, 3.8) is 0 Å². The molecular weight excluding hydrogens is 479 g/mol. The van der Waals surface area contributed by atoms with Crippen molar-refractivity contribution in [2.24, 2.45) is 0 Å². The van der Waals surface area contributed by atoms with Crippen LogP contribution in [0.2, 0.25) is 0 Å². The fourth-order valence-electron chi connectivity index (χ4n) is 3.21. The summed E-state index contributed by atoms with van der Waals surface area (Å²) in [5.74, 6) is -2.95.